The van der Waals surface area contributed by atoms with E-state index in [1.165, 1.54) is 0 Å². The predicted molar refractivity (Wildman–Crippen MR) is 52.0 cm³/mol. The van der Waals surface area contributed by atoms with Crippen LogP contribution in [0.2, 0.25) is 5.02 Å². The number of carbonyl (C=O) groups is 1. The van der Waals surface area contributed by atoms with Crippen molar-refractivity contribution in [2.75, 3.05) is 0 Å². The minimum atomic E-state index is -1.08. The number of carboxylic acids is 1. The minimum absolute atomic E-state index is 0.0817. The van der Waals surface area contributed by atoms with Crippen molar-refractivity contribution in [3.05, 3.63) is 35.0 Å². The molecule has 14 heavy (non-hydrogen) atoms. The van der Waals surface area contributed by atoms with Crippen molar-refractivity contribution in [1.82, 2.24) is 4.98 Å². The molecule has 0 aliphatic carbocycles. The van der Waals surface area contributed by atoms with Crippen molar-refractivity contribution >= 4 is 28.5 Å². The van der Waals surface area contributed by atoms with Crippen LogP contribution >= 0.6 is 11.6 Å². The molecule has 0 fully saturated rings. The van der Waals surface area contributed by atoms with E-state index in [0.29, 0.717) is 5.02 Å². The number of carboxylic acid groups (broad SMARTS) is 1. The SMILES string of the molecule is O=C([O-])Cc1c[nH]c2cc(Cl)ccc12. The van der Waals surface area contributed by atoms with Crippen LogP contribution in [-0.2, 0) is 11.2 Å². The van der Waals surface area contributed by atoms with Crippen LogP contribution < -0.4 is 5.11 Å². The molecule has 4 heteroatoms. The van der Waals surface area contributed by atoms with E-state index in [-0.39, 0.29) is 6.42 Å². The van der Waals surface area contributed by atoms with Crippen molar-refractivity contribution in [3.8, 4) is 0 Å². The highest BCUT2D eigenvalue weighted by molar-refractivity contribution is 6.31. The zero-order valence-corrected chi connectivity index (χ0v) is 7.97. The Morgan fingerprint density at radius 1 is 1.50 bits per heavy atom. The number of H-pyrrole nitrogens is 1. The number of carbonyl (C=O) groups excluding carboxylic acids is 1. The highest BCUT2D eigenvalue weighted by Crippen LogP contribution is 2.22. The lowest BCUT2D eigenvalue weighted by Gasteiger charge is -1.99. The van der Waals surface area contributed by atoms with Gasteiger partial charge in [0.25, 0.3) is 0 Å². The molecule has 1 aromatic carbocycles. The molecule has 0 saturated heterocycles. The molecule has 0 amide bonds. The lowest BCUT2D eigenvalue weighted by atomic mass is 10.1. The zero-order valence-electron chi connectivity index (χ0n) is 7.21. The molecule has 0 saturated carbocycles. The number of halogens is 1. The van der Waals surface area contributed by atoms with E-state index in [9.17, 15) is 9.90 Å². The second kappa shape index (κ2) is 3.35. The summed E-state index contributed by atoms with van der Waals surface area (Å²) in [7, 11) is 0. The lowest BCUT2D eigenvalue weighted by Crippen LogP contribution is -2.24. The van der Waals surface area contributed by atoms with Gasteiger partial charge in [-0.2, -0.15) is 0 Å². The highest BCUT2D eigenvalue weighted by Gasteiger charge is 2.03. The number of rotatable bonds is 2. The molecular weight excluding hydrogens is 202 g/mol. The summed E-state index contributed by atoms with van der Waals surface area (Å²) in [5, 5.41) is 11.9. The van der Waals surface area contributed by atoms with Crippen LogP contribution in [0, 0.1) is 0 Å². The first-order chi connectivity index (χ1) is 6.66. The minimum Gasteiger partial charge on any atom is -0.550 e. The normalized spacial score (nSPS) is 10.6. The van der Waals surface area contributed by atoms with Gasteiger partial charge in [0, 0.05) is 34.5 Å². The topological polar surface area (TPSA) is 55.9 Å². The Morgan fingerprint density at radius 2 is 2.29 bits per heavy atom. The largest absolute Gasteiger partial charge is 0.550 e. The van der Waals surface area contributed by atoms with Gasteiger partial charge in [0.1, 0.15) is 0 Å². The van der Waals surface area contributed by atoms with E-state index in [0.717, 1.165) is 16.5 Å². The summed E-state index contributed by atoms with van der Waals surface area (Å²) in [4.78, 5) is 13.4. The summed E-state index contributed by atoms with van der Waals surface area (Å²) < 4.78 is 0. The second-order valence-electron chi connectivity index (χ2n) is 3.05. The maximum Gasteiger partial charge on any atom is 0.0471 e. The summed E-state index contributed by atoms with van der Waals surface area (Å²) in [5.41, 5.74) is 1.56. The fourth-order valence-corrected chi connectivity index (χ4v) is 1.63. The number of nitrogens with one attached hydrogen (secondary N) is 1. The van der Waals surface area contributed by atoms with E-state index in [1.54, 1.807) is 24.4 Å². The van der Waals surface area contributed by atoms with E-state index in [2.05, 4.69) is 4.98 Å². The summed E-state index contributed by atoms with van der Waals surface area (Å²) in [6.45, 7) is 0. The molecule has 0 atom stereocenters. The van der Waals surface area contributed by atoms with Gasteiger partial charge in [0.15, 0.2) is 0 Å². The van der Waals surface area contributed by atoms with Crippen LogP contribution in [0.5, 0.6) is 0 Å². The van der Waals surface area contributed by atoms with E-state index in [4.69, 9.17) is 11.6 Å². The zero-order chi connectivity index (χ0) is 10.1. The van der Waals surface area contributed by atoms with Crippen molar-refractivity contribution in [3.63, 3.8) is 0 Å². The number of hydrogen-bond acceptors (Lipinski definition) is 2. The Hall–Kier alpha value is -1.48. The first kappa shape index (κ1) is 9.09. The molecule has 1 heterocycles. The van der Waals surface area contributed by atoms with Gasteiger partial charge in [-0.25, -0.2) is 0 Å². The number of benzene rings is 1. The van der Waals surface area contributed by atoms with E-state index < -0.39 is 5.97 Å². The molecule has 1 aromatic heterocycles. The van der Waals surface area contributed by atoms with Crippen LogP contribution in [0.15, 0.2) is 24.4 Å². The van der Waals surface area contributed by atoms with Crippen LogP contribution in [0.1, 0.15) is 5.56 Å². The monoisotopic (exact) mass is 208 g/mol. The molecular formula is C10H7ClNO2-. The smallest absolute Gasteiger partial charge is 0.0471 e. The van der Waals surface area contributed by atoms with Crippen molar-refractivity contribution in [2.45, 2.75) is 6.42 Å². The number of fused-ring (bicyclic) bond motifs is 1. The third-order valence-electron chi connectivity index (χ3n) is 2.06. The quantitative estimate of drug-likeness (QED) is 0.804. The molecule has 72 valence electrons. The summed E-state index contributed by atoms with van der Waals surface area (Å²) in [6, 6.07) is 5.29. The lowest BCUT2D eigenvalue weighted by molar-refractivity contribution is -0.304. The summed E-state index contributed by atoms with van der Waals surface area (Å²) in [5.74, 6) is -1.08. The fraction of sp³-hybridized carbons (Fsp3) is 0.100. The maximum atomic E-state index is 10.4. The molecule has 0 spiro atoms. The van der Waals surface area contributed by atoms with Gasteiger partial charge in [-0.3, -0.25) is 0 Å². The maximum absolute atomic E-state index is 10.4. The van der Waals surface area contributed by atoms with Crippen LogP contribution in [-0.4, -0.2) is 11.0 Å². The third-order valence-corrected chi connectivity index (χ3v) is 2.30. The van der Waals surface area contributed by atoms with Crippen molar-refractivity contribution in [2.24, 2.45) is 0 Å². The Balaban J connectivity index is 2.52. The van der Waals surface area contributed by atoms with Gasteiger partial charge in [-0.15, -0.1) is 0 Å². The summed E-state index contributed by atoms with van der Waals surface area (Å²) in [6.07, 6.45) is 1.58. The number of aliphatic carboxylic acids is 1. The highest BCUT2D eigenvalue weighted by atomic mass is 35.5. The standard InChI is InChI=1S/C10H8ClNO2/c11-7-1-2-8-6(3-10(13)14)5-12-9(8)4-7/h1-2,4-5,12H,3H2,(H,13,14)/p-1. The summed E-state index contributed by atoms with van der Waals surface area (Å²) >= 11 is 5.78. The van der Waals surface area contributed by atoms with Gasteiger partial charge < -0.3 is 14.9 Å². The second-order valence-corrected chi connectivity index (χ2v) is 3.49. The molecule has 3 nitrogen and oxygen atoms in total. The Kier molecular flexibility index (Phi) is 2.17. The number of aromatic nitrogens is 1. The van der Waals surface area contributed by atoms with Crippen molar-refractivity contribution in [1.29, 1.82) is 0 Å². The van der Waals surface area contributed by atoms with E-state index in [1.807, 2.05) is 0 Å². The Labute approximate surface area is 85.3 Å². The van der Waals surface area contributed by atoms with Gasteiger partial charge >= 0.3 is 0 Å². The van der Waals surface area contributed by atoms with Gasteiger partial charge in [-0.1, -0.05) is 17.7 Å². The average molecular weight is 209 g/mol. The molecule has 0 aliphatic rings. The molecule has 0 unspecified atom stereocenters. The van der Waals surface area contributed by atoms with E-state index >= 15 is 0 Å². The van der Waals surface area contributed by atoms with Crippen LogP contribution in [0.3, 0.4) is 0 Å². The third kappa shape index (κ3) is 1.59. The molecule has 0 bridgehead atoms. The number of hydrogen-bond donors (Lipinski definition) is 1. The molecule has 2 rings (SSSR count). The van der Waals surface area contributed by atoms with Crippen LogP contribution in [0.4, 0.5) is 0 Å². The molecule has 0 aliphatic heterocycles. The Bertz CT molecular complexity index is 490. The first-order valence-electron chi connectivity index (χ1n) is 4.12. The average Bonchev–Trinajstić information content (AvgIpc) is 2.47. The Morgan fingerprint density at radius 3 is 3.00 bits per heavy atom. The predicted octanol–water partition coefficient (Wildman–Crippen LogP) is 1.11. The molecule has 1 N–H and O–H groups in total. The van der Waals surface area contributed by atoms with Crippen molar-refractivity contribution < 1.29 is 9.90 Å². The molecule has 0 radical (unpaired) electrons. The van der Waals surface area contributed by atoms with Gasteiger partial charge in [0.05, 0.1) is 0 Å². The first-order valence-corrected chi connectivity index (χ1v) is 4.50. The fourth-order valence-electron chi connectivity index (χ4n) is 1.46. The molecule has 2 aromatic rings. The number of aromatic amines is 1. The van der Waals surface area contributed by atoms with Crippen LogP contribution in [0.25, 0.3) is 10.9 Å². The van der Waals surface area contributed by atoms with Gasteiger partial charge in [-0.05, 0) is 17.7 Å². The van der Waals surface area contributed by atoms with Gasteiger partial charge in [0.2, 0.25) is 0 Å².